The molecule has 32 heavy (non-hydrogen) atoms. The fourth-order valence-electron chi connectivity index (χ4n) is 4.51. The van der Waals surface area contributed by atoms with Gasteiger partial charge >= 0.3 is 5.63 Å². The topological polar surface area (TPSA) is 72.0 Å². The van der Waals surface area contributed by atoms with Crippen LogP contribution in [-0.4, -0.2) is 38.9 Å². The third-order valence-electron chi connectivity index (χ3n) is 6.37. The van der Waals surface area contributed by atoms with Gasteiger partial charge in [-0.25, -0.2) is 13.2 Å². The second kappa shape index (κ2) is 8.81. The van der Waals surface area contributed by atoms with Crippen molar-refractivity contribution in [2.75, 3.05) is 26.2 Å². The van der Waals surface area contributed by atoms with E-state index < -0.39 is 10.0 Å². The summed E-state index contributed by atoms with van der Waals surface area (Å²) < 4.78 is 33.0. The van der Waals surface area contributed by atoms with Crippen LogP contribution in [0.2, 0.25) is 0 Å². The van der Waals surface area contributed by atoms with Crippen molar-refractivity contribution in [3.05, 3.63) is 75.1 Å². The first kappa shape index (κ1) is 22.7. The number of nitrogens with one attached hydrogen (secondary N) is 1. The van der Waals surface area contributed by atoms with E-state index in [0.29, 0.717) is 49.1 Å². The summed E-state index contributed by atoms with van der Waals surface area (Å²) >= 11 is 0. The molecule has 0 radical (unpaired) electrons. The Morgan fingerprint density at radius 1 is 1.03 bits per heavy atom. The average Bonchev–Trinajstić information content (AvgIpc) is 2.73. The number of rotatable bonds is 5. The van der Waals surface area contributed by atoms with Gasteiger partial charge in [0.2, 0.25) is 10.0 Å². The van der Waals surface area contributed by atoms with Crippen molar-refractivity contribution >= 4 is 21.0 Å². The maximum Gasteiger partial charge on any atom is 0.336 e. The predicted octanol–water partition coefficient (Wildman–Crippen LogP) is 2.62. The zero-order valence-electron chi connectivity index (χ0n) is 19.1. The Morgan fingerprint density at radius 2 is 1.69 bits per heavy atom. The van der Waals surface area contributed by atoms with Crippen molar-refractivity contribution in [2.45, 2.75) is 45.1 Å². The van der Waals surface area contributed by atoms with Crippen LogP contribution < -0.4 is 10.5 Å². The Morgan fingerprint density at radius 3 is 2.31 bits per heavy atom. The van der Waals surface area contributed by atoms with E-state index in [0.717, 1.165) is 22.1 Å². The van der Waals surface area contributed by atoms with Gasteiger partial charge in [-0.1, -0.05) is 31.5 Å². The maximum atomic E-state index is 13.0. The number of piperazine rings is 1. The van der Waals surface area contributed by atoms with Crippen molar-refractivity contribution in [1.82, 2.24) is 4.31 Å². The fraction of sp³-hybridized carbons (Fsp3) is 0.400. The van der Waals surface area contributed by atoms with E-state index in [9.17, 15) is 13.2 Å². The van der Waals surface area contributed by atoms with Gasteiger partial charge in [0.05, 0.1) is 31.1 Å². The lowest BCUT2D eigenvalue weighted by Crippen LogP contribution is -3.13. The second-order valence-electron chi connectivity index (χ2n) is 9.09. The smallest absolute Gasteiger partial charge is 0.336 e. The van der Waals surface area contributed by atoms with Crippen molar-refractivity contribution in [3.63, 3.8) is 0 Å². The van der Waals surface area contributed by atoms with Crippen LogP contribution in [0.25, 0.3) is 11.0 Å². The largest absolute Gasteiger partial charge is 0.423 e. The van der Waals surface area contributed by atoms with Crippen LogP contribution in [0.4, 0.5) is 0 Å². The summed E-state index contributed by atoms with van der Waals surface area (Å²) in [6.45, 7) is 11.3. The molecule has 1 saturated heterocycles. The van der Waals surface area contributed by atoms with Crippen molar-refractivity contribution in [2.24, 2.45) is 0 Å². The Bertz CT molecular complexity index is 1290. The van der Waals surface area contributed by atoms with Gasteiger partial charge in [0.1, 0.15) is 12.1 Å². The van der Waals surface area contributed by atoms with Crippen LogP contribution in [0.3, 0.4) is 0 Å². The van der Waals surface area contributed by atoms with Gasteiger partial charge in [-0.05, 0) is 55.2 Å². The van der Waals surface area contributed by atoms with E-state index in [4.69, 9.17) is 4.42 Å². The summed E-state index contributed by atoms with van der Waals surface area (Å²) in [5, 5.41) is 0.973. The first-order valence-corrected chi connectivity index (χ1v) is 12.6. The molecule has 0 bridgehead atoms. The Kier molecular flexibility index (Phi) is 6.25. The minimum Gasteiger partial charge on any atom is -0.423 e. The van der Waals surface area contributed by atoms with E-state index in [1.54, 1.807) is 22.5 Å². The molecule has 4 rings (SSSR count). The fourth-order valence-corrected chi connectivity index (χ4v) is 5.95. The van der Waals surface area contributed by atoms with Crippen LogP contribution in [0.15, 0.2) is 56.6 Å². The molecular formula is C25H31N2O4S+. The molecule has 0 amide bonds. The number of quaternary nitrogens is 1. The molecule has 0 saturated carbocycles. The molecule has 0 spiro atoms. The first-order chi connectivity index (χ1) is 15.1. The molecule has 0 aliphatic carbocycles. The van der Waals surface area contributed by atoms with Crippen molar-refractivity contribution in [1.29, 1.82) is 0 Å². The van der Waals surface area contributed by atoms with Gasteiger partial charge in [0.25, 0.3) is 0 Å². The van der Waals surface area contributed by atoms with E-state index in [1.807, 2.05) is 32.0 Å². The molecule has 170 valence electrons. The van der Waals surface area contributed by atoms with Crippen LogP contribution in [-0.2, 0) is 16.6 Å². The van der Waals surface area contributed by atoms with Gasteiger partial charge in [-0.2, -0.15) is 4.31 Å². The predicted molar refractivity (Wildman–Crippen MR) is 126 cm³/mol. The molecule has 6 nitrogen and oxygen atoms in total. The molecule has 1 aliphatic rings. The number of aryl methyl sites for hydroxylation is 2. The minimum absolute atomic E-state index is 0.342. The highest BCUT2D eigenvalue weighted by Gasteiger charge is 2.30. The molecule has 2 heterocycles. The highest BCUT2D eigenvalue weighted by molar-refractivity contribution is 7.89. The summed E-state index contributed by atoms with van der Waals surface area (Å²) in [6, 6.07) is 12.7. The SMILES string of the molecule is Cc1ccc(S(=O)(=O)N2CC[NH+](Cc3cc(=O)oc4cc(C)c(C(C)C)cc34)CC2)cc1. The molecule has 0 atom stereocenters. The molecule has 3 aromatic rings. The van der Waals surface area contributed by atoms with Crippen molar-refractivity contribution in [3.8, 4) is 0 Å². The lowest BCUT2D eigenvalue weighted by molar-refractivity contribution is -0.917. The lowest BCUT2D eigenvalue weighted by Gasteiger charge is -2.31. The highest BCUT2D eigenvalue weighted by atomic mass is 32.2. The molecule has 2 aromatic carbocycles. The first-order valence-electron chi connectivity index (χ1n) is 11.1. The third kappa shape index (κ3) is 4.51. The average molecular weight is 456 g/mol. The molecule has 1 fully saturated rings. The van der Waals surface area contributed by atoms with E-state index in [2.05, 4.69) is 19.9 Å². The molecule has 0 unspecified atom stereocenters. The van der Waals surface area contributed by atoms with E-state index in [-0.39, 0.29) is 5.63 Å². The Hall–Kier alpha value is -2.48. The van der Waals surface area contributed by atoms with Gasteiger partial charge in [0, 0.05) is 17.0 Å². The molecule has 1 aromatic heterocycles. The van der Waals surface area contributed by atoms with Gasteiger partial charge in [0.15, 0.2) is 0 Å². The van der Waals surface area contributed by atoms with Gasteiger partial charge in [-0.3, -0.25) is 0 Å². The molecule has 1 aliphatic heterocycles. The monoisotopic (exact) mass is 455 g/mol. The Balaban J connectivity index is 1.53. The van der Waals surface area contributed by atoms with Crippen LogP contribution >= 0.6 is 0 Å². The third-order valence-corrected chi connectivity index (χ3v) is 8.28. The maximum absolute atomic E-state index is 13.0. The number of fused-ring (bicyclic) bond motifs is 1. The molecular weight excluding hydrogens is 424 g/mol. The van der Waals surface area contributed by atoms with Crippen LogP contribution in [0.1, 0.15) is 42.0 Å². The summed E-state index contributed by atoms with van der Waals surface area (Å²) in [4.78, 5) is 13.8. The quantitative estimate of drug-likeness (QED) is 0.601. The van der Waals surface area contributed by atoms with E-state index >= 15 is 0 Å². The lowest BCUT2D eigenvalue weighted by atomic mass is 9.95. The van der Waals surface area contributed by atoms with Crippen molar-refractivity contribution < 1.29 is 17.7 Å². The van der Waals surface area contributed by atoms with Crippen LogP contribution in [0.5, 0.6) is 0 Å². The standard InChI is InChI=1S/C25H30N2O4S/c1-17(2)22-15-23-20(14-25(28)31-24(23)13-19(22)4)16-26-9-11-27(12-10-26)32(29,30)21-7-5-18(3)6-8-21/h5-8,13-15,17H,9-12,16H2,1-4H3/p+1. The van der Waals surface area contributed by atoms with E-state index in [1.165, 1.54) is 10.5 Å². The number of hydrogen-bond acceptors (Lipinski definition) is 4. The molecule has 7 heteroatoms. The van der Waals surface area contributed by atoms with Gasteiger partial charge < -0.3 is 9.32 Å². The summed E-state index contributed by atoms with van der Waals surface area (Å²) in [5.74, 6) is 0.377. The zero-order valence-corrected chi connectivity index (χ0v) is 20.0. The minimum atomic E-state index is -3.48. The molecule has 1 N–H and O–H groups in total. The summed E-state index contributed by atoms with van der Waals surface area (Å²) in [5.41, 5.74) is 4.64. The van der Waals surface area contributed by atoms with Crippen LogP contribution in [0, 0.1) is 13.8 Å². The number of nitrogens with zero attached hydrogens (tertiary/aromatic N) is 1. The number of hydrogen-bond donors (Lipinski definition) is 1. The number of benzene rings is 2. The summed E-state index contributed by atoms with van der Waals surface area (Å²) in [7, 11) is -3.48. The number of sulfonamides is 1. The highest BCUT2D eigenvalue weighted by Crippen LogP contribution is 2.26. The zero-order chi connectivity index (χ0) is 23.0. The second-order valence-corrected chi connectivity index (χ2v) is 11.0. The summed E-state index contributed by atoms with van der Waals surface area (Å²) in [6.07, 6.45) is 0. The Labute approximate surface area is 189 Å². The normalized spacial score (nSPS) is 16.2. The van der Waals surface area contributed by atoms with Gasteiger partial charge in [-0.15, -0.1) is 0 Å².